The Labute approximate surface area is 120 Å². The summed E-state index contributed by atoms with van der Waals surface area (Å²) >= 11 is 0. The molecule has 1 fully saturated rings. The monoisotopic (exact) mass is 276 g/mol. The van der Waals surface area contributed by atoms with E-state index in [-0.39, 0.29) is 11.9 Å². The lowest BCUT2D eigenvalue weighted by molar-refractivity contribution is 0.0906. The topological polar surface area (TPSA) is 64.3 Å². The fourth-order valence-corrected chi connectivity index (χ4v) is 2.82. The highest BCUT2D eigenvalue weighted by Gasteiger charge is 2.24. The summed E-state index contributed by atoms with van der Waals surface area (Å²) in [5, 5.41) is 3.14. The van der Waals surface area contributed by atoms with Crippen LogP contribution in [0, 0.1) is 5.92 Å². The number of benzene rings is 1. The third-order valence-electron chi connectivity index (χ3n) is 4.01. The zero-order chi connectivity index (χ0) is 14.5. The molecule has 1 aromatic carbocycles. The number of amides is 1. The first-order chi connectivity index (χ1) is 9.63. The Morgan fingerprint density at radius 2 is 2.15 bits per heavy atom. The molecule has 4 nitrogen and oxygen atoms in total. The number of nitrogen functional groups attached to an aromatic ring is 1. The highest BCUT2D eigenvalue weighted by atomic mass is 16.5. The predicted octanol–water partition coefficient (Wildman–Crippen LogP) is 2.98. The van der Waals surface area contributed by atoms with Gasteiger partial charge in [0, 0.05) is 6.04 Å². The minimum Gasteiger partial charge on any atom is -0.491 e. The predicted molar refractivity (Wildman–Crippen MR) is 80.9 cm³/mol. The van der Waals surface area contributed by atoms with Crippen molar-refractivity contribution in [1.29, 1.82) is 0 Å². The third-order valence-corrected chi connectivity index (χ3v) is 4.01. The Kier molecular flexibility index (Phi) is 4.88. The first-order valence-corrected chi connectivity index (χ1v) is 7.45. The van der Waals surface area contributed by atoms with Crippen LogP contribution >= 0.6 is 0 Å². The van der Waals surface area contributed by atoms with Crippen molar-refractivity contribution < 1.29 is 9.53 Å². The van der Waals surface area contributed by atoms with E-state index in [2.05, 4.69) is 12.2 Å². The van der Waals surface area contributed by atoms with Gasteiger partial charge in [-0.1, -0.05) is 25.8 Å². The van der Waals surface area contributed by atoms with Crippen molar-refractivity contribution in [2.24, 2.45) is 5.92 Å². The summed E-state index contributed by atoms with van der Waals surface area (Å²) in [6, 6.07) is 5.57. The number of carbonyl (C=O) groups is 1. The molecule has 0 spiro atoms. The lowest BCUT2D eigenvalue weighted by Crippen LogP contribution is -2.41. The largest absolute Gasteiger partial charge is 0.491 e. The van der Waals surface area contributed by atoms with Gasteiger partial charge in [0.15, 0.2) is 5.75 Å². The summed E-state index contributed by atoms with van der Waals surface area (Å²) in [5.74, 6) is 0.944. The molecule has 1 aliphatic rings. The lowest BCUT2D eigenvalue weighted by Gasteiger charge is -2.29. The van der Waals surface area contributed by atoms with Crippen LogP contribution < -0.4 is 15.8 Å². The average Bonchev–Trinajstić information content (AvgIpc) is 2.43. The molecular weight excluding hydrogens is 252 g/mol. The van der Waals surface area contributed by atoms with Crippen LogP contribution in [-0.4, -0.2) is 18.6 Å². The fourth-order valence-electron chi connectivity index (χ4n) is 2.82. The SMILES string of the molecule is CCOc1c(N)cccc1C(=O)NC1CCCCC1C. The van der Waals surface area contributed by atoms with Gasteiger partial charge < -0.3 is 15.8 Å². The first-order valence-electron chi connectivity index (χ1n) is 7.45. The number of carbonyl (C=O) groups excluding carboxylic acids is 1. The number of anilines is 1. The molecule has 110 valence electrons. The van der Waals surface area contributed by atoms with Crippen LogP contribution in [0.2, 0.25) is 0 Å². The van der Waals surface area contributed by atoms with Gasteiger partial charge in [0.05, 0.1) is 17.9 Å². The summed E-state index contributed by atoms with van der Waals surface area (Å²) in [5.41, 5.74) is 6.94. The summed E-state index contributed by atoms with van der Waals surface area (Å²) in [6.45, 7) is 4.58. The molecule has 0 bridgehead atoms. The van der Waals surface area contributed by atoms with E-state index in [1.807, 2.05) is 6.92 Å². The van der Waals surface area contributed by atoms with Crippen molar-refractivity contribution in [2.45, 2.75) is 45.6 Å². The van der Waals surface area contributed by atoms with Gasteiger partial charge in [-0.3, -0.25) is 4.79 Å². The standard InChI is InChI=1S/C16H24N2O2/c1-3-20-15-12(8-6-9-13(15)17)16(19)18-14-10-5-4-7-11(14)2/h6,8-9,11,14H,3-5,7,10,17H2,1-2H3,(H,18,19). The van der Waals surface area contributed by atoms with Crippen LogP contribution in [-0.2, 0) is 0 Å². The quantitative estimate of drug-likeness (QED) is 0.831. The van der Waals surface area contributed by atoms with E-state index >= 15 is 0 Å². The smallest absolute Gasteiger partial charge is 0.255 e. The number of rotatable bonds is 4. The number of ether oxygens (including phenoxy) is 1. The van der Waals surface area contributed by atoms with E-state index in [1.54, 1.807) is 18.2 Å². The number of hydrogen-bond donors (Lipinski definition) is 2. The molecule has 2 atom stereocenters. The molecule has 0 radical (unpaired) electrons. The van der Waals surface area contributed by atoms with E-state index in [9.17, 15) is 4.79 Å². The third kappa shape index (κ3) is 3.24. The van der Waals surface area contributed by atoms with Crippen molar-refractivity contribution in [3.05, 3.63) is 23.8 Å². The Morgan fingerprint density at radius 3 is 2.85 bits per heavy atom. The van der Waals surface area contributed by atoms with Crippen LogP contribution in [0.3, 0.4) is 0 Å². The van der Waals surface area contributed by atoms with Gasteiger partial charge in [0.1, 0.15) is 0 Å². The van der Waals surface area contributed by atoms with Crippen LogP contribution in [0.25, 0.3) is 0 Å². The maximum absolute atomic E-state index is 12.5. The van der Waals surface area contributed by atoms with Gasteiger partial charge >= 0.3 is 0 Å². The second-order valence-corrected chi connectivity index (χ2v) is 5.50. The Morgan fingerprint density at radius 1 is 1.40 bits per heavy atom. The van der Waals surface area contributed by atoms with Gasteiger partial charge in [-0.2, -0.15) is 0 Å². The van der Waals surface area contributed by atoms with Gasteiger partial charge in [0.2, 0.25) is 0 Å². The summed E-state index contributed by atoms with van der Waals surface area (Å²) in [7, 11) is 0. The minimum absolute atomic E-state index is 0.0838. The molecule has 1 aromatic rings. The van der Waals surface area contributed by atoms with Crippen LogP contribution in [0.1, 0.15) is 49.9 Å². The van der Waals surface area contributed by atoms with E-state index < -0.39 is 0 Å². The molecule has 0 aromatic heterocycles. The van der Waals surface area contributed by atoms with Gasteiger partial charge in [0.25, 0.3) is 5.91 Å². The van der Waals surface area contributed by atoms with Crippen LogP contribution in [0.5, 0.6) is 5.75 Å². The van der Waals surface area contributed by atoms with E-state index in [4.69, 9.17) is 10.5 Å². The molecule has 1 amide bonds. The van der Waals surface area contributed by atoms with Gasteiger partial charge in [-0.25, -0.2) is 0 Å². The molecule has 0 saturated heterocycles. The molecular formula is C16H24N2O2. The summed E-state index contributed by atoms with van der Waals surface area (Å²) in [6.07, 6.45) is 4.68. The Balaban J connectivity index is 2.14. The maximum Gasteiger partial charge on any atom is 0.255 e. The number of hydrogen-bond acceptors (Lipinski definition) is 3. The molecule has 3 N–H and O–H groups in total. The molecule has 4 heteroatoms. The highest BCUT2D eigenvalue weighted by Crippen LogP contribution is 2.28. The Bertz CT molecular complexity index is 474. The second kappa shape index (κ2) is 6.64. The van der Waals surface area contributed by atoms with Crippen LogP contribution in [0.15, 0.2) is 18.2 Å². The normalized spacial score (nSPS) is 22.3. The van der Waals surface area contributed by atoms with Crippen LogP contribution in [0.4, 0.5) is 5.69 Å². The maximum atomic E-state index is 12.5. The van der Waals surface area contributed by atoms with Crippen molar-refractivity contribution in [1.82, 2.24) is 5.32 Å². The second-order valence-electron chi connectivity index (χ2n) is 5.50. The zero-order valence-corrected chi connectivity index (χ0v) is 12.3. The molecule has 0 aliphatic heterocycles. The van der Waals surface area contributed by atoms with Crippen molar-refractivity contribution in [3.8, 4) is 5.75 Å². The van der Waals surface area contributed by atoms with E-state index in [0.29, 0.717) is 29.5 Å². The fraction of sp³-hybridized carbons (Fsp3) is 0.562. The molecule has 2 rings (SSSR count). The molecule has 1 aliphatic carbocycles. The summed E-state index contributed by atoms with van der Waals surface area (Å²) in [4.78, 5) is 12.5. The zero-order valence-electron chi connectivity index (χ0n) is 12.3. The Hall–Kier alpha value is -1.71. The lowest BCUT2D eigenvalue weighted by atomic mass is 9.86. The van der Waals surface area contributed by atoms with E-state index in [1.165, 1.54) is 19.3 Å². The average molecular weight is 276 g/mol. The molecule has 2 unspecified atom stereocenters. The van der Waals surface area contributed by atoms with Gasteiger partial charge in [-0.15, -0.1) is 0 Å². The van der Waals surface area contributed by atoms with Crippen molar-refractivity contribution in [2.75, 3.05) is 12.3 Å². The molecule has 1 saturated carbocycles. The van der Waals surface area contributed by atoms with Crippen molar-refractivity contribution in [3.63, 3.8) is 0 Å². The summed E-state index contributed by atoms with van der Waals surface area (Å²) < 4.78 is 5.52. The van der Waals surface area contributed by atoms with E-state index in [0.717, 1.165) is 6.42 Å². The highest BCUT2D eigenvalue weighted by molar-refractivity contribution is 5.98. The number of para-hydroxylation sites is 1. The number of nitrogens with two attached hydrogens (primary N) is 1. The minimum atomic E-state index is -0.0838. The van der Waals surface area contributed by atoms with Gasteiger partial charge in [-0.05, 0) is 37.8 Å². The number of nitrogens with one attached hydrogen (secondary N) is 1. The molecule has 0 heterocycles. The first kappa shape index (κ1) is 14.7. The van der Waals surface area contributed by atoms with Crippen molar-refractivity contribution >= 4 is 11.6 Å². The molecule has 20 heavy (non-hydrogen) atoms.